The van der Waals surface area contributed by atoms with Gasteiger partial charge in [-0.25, -0.2) is 4.79 Å². The Morgan fingerprint density at radius 1 is 1.27 bits per heavy atom. The standard InChI is InChI=1S/C10H17N2O2P/c1-5-8-7(3)9(13)11(6-2)10(14)12(8)15-4/h15H,5-6H2,1-4H3. The largest absolute Gasteiger partial charge is 0.334 e. The summed E-state index contributed by atoms with van der Waals surface area (Å²) >= 11 is 0. The van der Waals surface area contributed by atoms with Crippen LogP contribution in [0.1, 0.15) is 25.1 Å². The van der Waals surface area contributed by atoms with Crippen LogP contribution < -0.4 is 11.2 Å². The molecular weight excluding hydrogens is 211 g/mol. The summed E-state index contributed by atoms with van der Waals surface area (Å²) in [6.45, 7) is 7.96. The fraction of sp³-hybridized carbons (Fsp3) is 0.600. The summed E-state index contributed by atoms with van der Waals surface area (Å²) in [5, 5.41) is 0. The molecule has 4 nitrogen and oxygen atoms in total. The molecule has 1 heterocycles. The van der Waals surface area contributed by atoms with Gasteiger partial charge in [-0.15, -0.1) is 0 Å². The van der Waals surface area contributed by atoms with Crippen LogP contribution in [0.5, 0.6) is 0 Å². The number of hydrogen-bond acceptors (Lipinski definition) is 2. The summed E-state index contributed by atoms with van der Waals surface area (Å²) < 4.78 is 3.01. The topological polar surface area (TPSA) is 44.0 Å². The summed E-state index contributed by atoms with van der Waals surface area (Å²) in [5.41, 5.74) is 1.25. The molecular formula is C10H17N2O2P. The third-order valence-corrected chi connectivity index (χ3v) is 3.47. The van der Waals surface area contributed by atoms with E-state index in [-0.39, 0.29) is 11.2 Å². The van der Waals surface area contributed by atoms with Gasteiger partial charge >= 0.3 is 5.69 Å². The molecule has 0 saturated heterocycles. The van der Waals surface area contributed by atoms with Crippen LogP contribution in [0.2, 0.25) is 0 Å². The van der Waals surface area contributed by atoms with E-state index in [9.17, 15) is 9.59 Å². The molecule has 0 aliphatic rings. The van der Waals surface area contributed by atoms with Crippen molar-refractivity contribution in [3.8, 4) is 0 Å². The summed E-state index contributed by atoms with van der Waals surface area (Å²) in [6, 6.07) is 0. The highest BCUT2D eigenvalue weighted by molar-refractivity contribution is 7.35. The average molecular weight is 228 g/mol. The lowest BCUT2D eigenvalue weighted by molar-refractivity contribution is 0.643. The van der Waals surface area contributed by atoms with Crippen LogP contribution in [0.3, 0.4) is 0 Å². The van der Waals surface area contributed by atoms with Gasteiger partial charge in [-0.1, -0.05) is 6.92 Å². The van der Waals surface area contributed by atoms with Gasteiger partial charge in [-0.2, -0.15) is 0 Å². The molecule has 15 heavy (non-hydrogen) atoms. The first kappa shape index (κ1) is 12.2. The smallest absolute Gasteiger partial charge is 0.279 e. The van der Waals surface area contributed by atoms with E-state index in [1.54, 1.807) is 11.3 Å². The number of rotatable bonds is 3. The Morgan fingerprint density at radius 3 is 2.27 bits per heavy atom. The van der Waals surface area contributed by atoms with Crippen LogP contribution in [0.4, 0.5) is 0 Å². The maximum Gasteiger partial charge on any atom is 0.334 e. The van der Waals surface area contributed by atoms with Crippen LogP contribution in [0.25, 0.3) is 0 Å². The van der Waals surface area contributed by atoms with Gasteiger partial charge in [0.05, 0.1) is 0 Å². The molecule has 84 valence electrons. The second kappa shape index (κ2) is 4.75. The molecule has 0 radical (unpaired) electrons. The molecule has 0 aromatic carbocycles. The van der Waals surface area contributed by atoms with Crippen molar-refractivity contribution in [3.05, 3.63) is 32.1 Å². The zero-order chi connectivity index (χ0) is 11.6. The van der Waals surface area contributed by atoms with Gasteiger partial charge in [0.25, 0.3) is 5.56 Å². The maximum atomic E-state index is 11.9. The van der Waals surface area contributed by atoms with Crippen molar-refractivity contribution in [2.45, 2.75) is 33.7 Å². The lowest BCUT2D eigenvalue weighted by Crippen LogP contribution is -2.40. The zero-order valence-corrected chi connectivity index (χ0v) is 10.6. The summed E-state index contributed by atoms with van der Waals surface area (Å²) in [5.74, 6) is 0. The molecule has 0 bridgehead atoms. The third kappa shape index (κ3) is 1.91. The Morgan fingerprint density at radius 2 is 1.87 bits per heavy atom. The number of aromatic nitrogens is 2. The molecule has 1 atom stereocenters. The molecule has 1 aromatic rings. The minimum Gasteiger partial charge on any atom is -0.279 e. The van der Waals surface area contributed by atoms with Crippen LogP contribution in [0, 0.1) is 6.92 Å². The normalized spacial score (nSPS) is 11.5. The summed E-state index contributed by atoms with van der Waals surface area (Å²) in [6.07, 6.45) is 0.724. The van der Waals surface area contributed by atoms with E-state index in [1.807, 2.05) is 20.5 Å². The van der Waals surface area contributed by atoms with Crippen molar-refractivity contribution in [2.75, 3.05) is 6.66 Å². The van der Waals surface area contributed by atoms with Gasteiger partial charge in [0.1, 0.15) is 0 Å². The van der Waals surface area contributed by atoms with Crippen molar-refractivity contribution >= 4 is 8.73 Å². The highest BCUT2D eigenvalue weighted by Gasteiger charge is 2.12. The Bertz CT molecular complexity index is 474. The molecule has 1 unspecified atom stereocenters. The summed E-state index contributed by atoms with van der Waals surface area (Å²) in [4.78, 5) is 23.7. The second-order valence-corrected chi connectivity index (χ2v) is 4.21. The van der Waals surface area contributed by atoms with E-state index in [4.69, 9.17) is 0 Å². The van der Waals surface area contributed by atoms with Crippen LogP contribution >= 0.6 is 8.73 Å². The van der Waals surface area contributed by atoms with Crippen molar-refractivity contribution in [1.29, 1.82) is 0 Å². The van der Waals surface area contributed by atoms with E-state index in [2.05, 4.69) is 0 Å². The van der Waals surface area contributed by atoms with Gasteiger partial charge in [0.2, 0.25) is 0 Å². The van der Waals surface area contributed by atoms with Gasteiger partial charge in [-0.05, 0) is 35.7 Å². The SMILES string of the molecule is CCc1c(C)c(=O)n(CC)c(=O)n1PC. The minimum absolute atomic E-state index is 0.145. The monoisotopic (exact) mass is 228 g/mol. The van der Waals surface area contributed by atoms with E-state index in [1.165, 1.54) is 4.57 Å². The first-order valence-corrected chi connectivity index (χ1v) is 6.56. The maximum absolute atomic E-state index is 11.9. The first-order valence-electron chi connectivity index (χ1n) is 5.11. The van der Waals surface area contributed by atoms with E-state index in [0.717, 1.165) is 12.1 Å². The van der Waals surface area contributed by atoms with Crippen molar-refractivity contribution in [2.24, 2.45) is 0 Å². The van der Waals surface area contributed by atoms with Crippen LogP contribution in [-0.2, 0) is 13.0 Å². The van der Waals surface area contributed by atoms with Gasteiger partial charge in [-0.3, -0.25) is 13.7 Å². The van der Waals surface area contributed by atoms with Crippen LogP contribution in [0.15, 0.2) is 9.59 Å². The highest BCUT2D eigenvalue weighted by Crippen LogP contribution is 2.11. The van der Waals surface area contributed by atoms with Crippen molar-refractivity contribution < 1.29 is 0 Å². The molecule has 0 saturated carbocycles. The number of nitrogens with zero attached hydrogens (tertiary/aromatic N) is 2. The fourth-order valence-electron chi connectivity index (χ4n) is 1.75. The van der Waals surface area contributed by atoms with E-state index < -0.39 is 0 Å². The second-order valence-electron chi connectivity index (χ2n) is 3.32. The fourth-order valence-corrected chi connectivity index (χ4v) is 2.66. The average Bonchev–Trinajstić information content (AvgIpc) is 2.23. The molecule has 0 fully saturated rings. The molecule has 0 N–H and O–H groups in total. The van der Waals surface area contributed by atoms with Gasteiger partial charge in [0.15, 0.2) is 0 Å². The van der Waals surface area contributed by atoms with Gasteiger partial charge < -0.3 is 0 Å². The lowest BCUT2D eigenvalue weighted by atomic mass is 10.2. The zero-order valence-electron chi connectivity index (χ0n) is 9.63. The van der Waals surface area contributed by atoms with Crippen LogP contribution in [-0.4, -0.2) is 15.6 Å². The molecule has 1 rings (SSSR count). The van der Waals surface area contributed by atoms with Crippen molar-refractivity contribution in [3.63, 3.8) is 0 Å². The molecule has 5 heteroatoms. The number of hydrogen-bond donors (Lipinski definition) is 0. The van der Waals surface area contributed by atoms with Crippen molar-refractivity contribution in [1.82, 2.24) is 8.90 Å². The minimum atomic E-state index is -0.175. The van der Waals surface area contributed by atoms with E-state index >= 15 is 0 Å². The Hall–Kier alpha value is -0.890. The molecule has 0 aliphatic carbocycles. The summed E-state index contributed by atoms with van der Waals surface area (Å²) in [7, 11) is 0.371. The molecule has 0 aliphatic heterocycles. The van der Waals surface area contributed by atoms with E-state index in [0.29, 0.717) is 20.8 Å². The third-order valence-electron chi connectivity index (χ3n) is 2.57. The quantitative estimate of drug-likeness (QED) is 0.723. The predicted octanol–water partition coefficient (Wildman–Crippen LogP) is 0.972. The molecule has 0 amide bonds. The predicted molar refractivity (Wildman–Crippen MR) is 64.4 cm³/mol. The Kier molecular flexibility index (Phi) is 3.86. The Labute approximate surface area is 90.8 Å². The first-order chi connectivity index (χ1) is 7.08. The highest BCUT2D eigenvalue weighted by atomic mass is 31.1. The van der Waals surface area contributed by atoms with Gasteiger partial charge in [0, 0.05) is 17.8 Å². The molecule has 0 spiro atoms. The molecule has 1 aromatic heterocycles. The lowest BCUT2D eigenvalue weighted by Gasteiger charge is -2.14. The Balaban J connectivity index is 3.74.